The van der Waals surface area contributed by atoms with Crippen LogP contribution in [0.1, 0.15) is 41.0 Å². The highest BCUT2D eigenvalue weighted by molar-refractivity contribution is 7.47. The number of rotatable bonds is 12. The molecule has 0 bridgehead atoms. The van der Waals surface area contributed by atoms with Crippen molar-refractivity contribution in [3.05, 3.63) is 0 Å². The molecule has 0 amide bonds. The monoisotopic (exact) mass is 322 g/mol. The molecule has 2 radical (unpaired) electrons. The predicted octanol–water partition coefficient (Wildman–Crippen LogP) is 2.70. The van der Waals surface area contributed by atoms with Gasteiger partial charge in [-0.1, -0.05) is 13.2 Å². The van der Waals surface area contributed by atoms with E-state index in [0.717, 1.165) is 0 Å². The lowest BCUT2D eigenvalue weighted by Crippen LogP contribution is -2.24. The smallest absolute Gasteiger partial charge is 0.376 e. The van der Waals surface area contributed by atoms with Gasteiger partial charge in [0.2, 0.25) is 0 Å². The molecule has 0 saturated carbocycles. The zero-order chi connectivity index (χ0) is 16.5. The van der Waals surface area contributed by atoms with E-state index < -0.39 is 13.9 Å². The number of phosphoric acid groups is 1. The van der Waals surface area contributed by atoms with Gasteiger partial charge in [-0.15, -0.1) is 0 Å². The fourth-order valence-corrected chi connectivity index (χ4v) is 2.41. The molecule has 0 aromatic rings. The van der Waals surface area contributed by atoms with E-state index in [1.807, 2.05) is 34.6 Å². The van der Waals surface area contributed by atoms with Gasteiger partial charge >= 0.3 is 7.82 Å². The minimum absolute atomic E-state index is 0.00874. The van der Waals surface area contributed by atoms with Gasteiger partial charge in [0.15, 0.2) is 0 Å². The van der Waals surface area contributed by atoms with E-state index in [1.165, 1.54) is 0 Å². The van der Waals surface area contributed by atoms with E-state index in [2.05, 4.69) is 0 Å². The Kier molecular flexibility index (Phi) is 10.8. The fraction of sp³-hybridized carbons (Fsp3) is 1.00. The molecule has 0 aromatic carbocycles. The molecule has 0 fully saturated rings. The molecule has 3 atom stereocenters. The maximum atomic E-state index is 11.9. The van der Waals surface area contributed by atoms with Crippen LogP contribution in [0.3, 0.4) is 0 Å². The molecule has 21 heavy (non-hydrogen) atoms. The van der Waals surface area contributed by atoms with E-state index in [1.54, 1.807) is 0 Å². The Morgan fingerprint density at radius 1 is 1.10 bits per heavy atom. The summed E-state index contributed by atoms with van der Waals surface area (Å²) >= 11 is 0. The number of ether oxygens (including phenoxy) is 2. The summed E-state index contributed by atoms with van der Waals surface area (Å²) in [6.45, 7) is 9.55. The molecule has 0 rings (SSSR count). The maximum Gasteiger partial charge on any atom is 0.472 e. The van der Waals surface area contributed by atoms with Crippen molar-refractivity contribution in [1.82, 2.24) is 0 Å². The van der Waals surface area contributed by atoms with Crippen LogP contribution >= 0.6 is 7.82 Å². The quantitative estimate of drug-likeness (QED) is 0.440. The van der Waals surface area contributed by atoms with Crippen molar-refractivity contribution in [2.75, 3.05) is 13.2 Å². The normalized spacial score (nSPS) is 17.9. The lowest BCUT2D eigenvalue weighted by molar-refractivity contribution is -0.0333. The topological polar surface area (TPSA) is 74.2 Å². The summed E-state index contributed by atoms with van der Waals surface area (Å²) in [4.78, 5) is 9.70. The molecule has 124 valence electrons. The highest BCUT2D eigenvalue weighted by Crippen LogP contribution is 2.45. The summed E-state index contributed by atoms with van der Waals surface area (Å²) in [5.74, 6) is 0. The van der Waals surface area contributed by atoms with Gasteiger partial charge in [0.1, 0.15) is 0 Å². The van der Waals surface area contributed by atoms with Crippen LogP contribution in [0.25, 0.3) is 0 Å². The van der Waals surface area contributed by atoms with E-state index in [-0.39, 0.29) is 37.8 Å². The fourth-order valence-electron chi connectivity index (χ4n) is 1.48. The van der Waals surface area contributed by atoms with Crippen molar-refractivity contribution in [3.8, 4) is 0 Å². The lowest BCUT2D eigenvalue weighted by Gasteiger charge is -2.23. The Morgan fingerprint density at radius 2 is 1.71 bits per heavy atom. The first kappa shape index (κ1) is 21.1. The van der Waals surface area contributed by atoms with Crippen molar-refractivity contribution < 1.29 is 28.0 Å². The molecule has 6 nitrogen and oxygen atoms in total. The Morgan fingerprint density at radius 3 is 2.14 bits per heavy atom. The highest BCUT2D eigenvalue weighted by atomic mass is 31.2. The van der Waals surface area contributed by atoms with Crippen molar-refractivity contribution >= 4 is 15.7 Å². The van der Waals surface area contributed by atoms with E-state index in [9.17, 15) is 9.46 Å². The number of phosphoric ester groups is 1. The van der Waals surface area contributed by atoms with Crippen LogP contribution in [0.15, 0.2) is 0 Å². The van der Waals surface area contributed by atoms with Crippen LogP contribution in [0.2, 0.25) is 6.32 Å². The third-order valence-corrected chi connectivity index (χ3v) is 3.54. The van der Waals surface area contributed by atoms with Crippen molar-refractivity contribution in [2.24, 2.45) is 0 Å². The van der Waals surface area contributed by atoms with Crippen LogP contribution in [0.4, 0.5) is 0 Å². The van der Waals surface area contributed by atoms with Gasteiger partial charge in [-0.25, -0.2) is 4.57 Å². The molecule has 0 aliphatic carbocycles. The first-order chi connectivity index (χ1) is 9.70. The molecule has 0 spiro atoms. The van der Waals surface area contributed by atoms with Crippen LogP contribution in [-0.2, 0) is 23.1 Å². The molecular formula is C13H28BO6P. The summed E-state index contributed by atoms with van der Waals surface area (Å²) in [7, 11) is 1.32. The Hall–Kier alpha value is 0.0949. The molecule has 0 saturated heterocycles. The Balaban J connectivity index is 4.29. The standard InChI is InChI=1S/C13H28BO6P/c1-6-12(19-11(4)5)9-18-21(15,16)20-13(7-14)8-17-10(2)3/h10-13H,6-9H2,1-5H3,(H,15,16)/t12-,13-/m1/s1. The van der Waals surface area contributed by atoms with Crippen LogP contribution in [0, 0.1) is 0 Å². The third kappa shape index (κ3) is 11.3. The second-order valence-corrected chi connectivity index (χ2v) is 6.73. The molecule has 0 aromatic heterocycles. The number of hydrogen-bond donors (Lipinski definition) is 1. The molecule has 0 aliphatic heterocycles. The highest BCUT2D eigenvalue weighted by Gasteiger charge is 2.27. The minimum Gasteiger partial charge on any atom is -0.376 e. The van der Waals surface area contributed by atoms with Gasteiger partial charge in [0, 0.05) is 0 Å². The van der Waals surface area contributed by atoms with Gasteiger partial charge in [0.25, 0.3) is 0 Å². The summed E-state index contributed by atoms with van der Waals surface area (Å²) in [6.07, 6.45) is -0.180. The first-order valence-electron chi connectivity index (χ1n) is 7.33. The molecule has 1 N–H and O–H groups in total. The Labute approximate surface area is 129 Å². The van der Waals surface area contributed by atoms with E-state index >= 15 is 0 Å². The summed E-state index contributed by atoms with van der Waals surface area (Å²) < 4.78 is 32.7. The average molecular weight is 322 g/mol. The van der Waals surface area contributed by atoms with Gasteiger partial charge < -0.3 is 14.4 Å². The maximum absolute atomic E-state index is 11.9. The summed E-state index contributed by atoms with van der Waals surface area (Å²) in [5.41, 5.74) is 0. The first-order valence-corrected chi connectivity index (χ1v) is 8.82. The van der Waals surface area contributed by atoms with Gasteiger partial charge in [0.05, 0.1) is 45.5 Å². The van der Waals surface area contributed by atoms with Gasteiger partial charge in [-0.2, -0.15) is 0 Å². The molecular weight excluding hydrogens is 294 g/mol. The second-order valence-electron chi connectivity index (χ2n) is 5.32. The summed E-state index contributed by atoms with van der Waals surface area (Å²) in [6, 6.07) is 0. The molecule has 1 unspecified atom stereocenters. The van der Waals surface area contributed by atoms with Crippen molar-refractivity contribution in [3.63, 3.8) is 0 Å². The van der Waals surface area contributed by atoms with E-state index in [4.69, 9.17) is 26.4 Å². The zero-order valence-electron chi connectivity index (χ0n) is 13.7. The van der Waals surface area contributed by atoms with Crippen molar-refractivity contribution in [2.45, 2.75) is 71.8 Å². The molecule has 8 heteroatoms. The molecule has 0 heterocycles. The second kappa shape index (κ2) is 10.8. The third-order valence-electron chi connectivity index (χ3n) is 2.50. The zero-order valence-corrected chi connectivity index (χ0v) is 14.5. The lowest BCUT2D eigenvalue weighted by atomic mass is 10.0. The van der Waals surface area contributed by atoms with Crippen LogP contribution in [0.5, 0.6) is 0 Å². The van der Waals surface area contributed by atoms with Gasteiger partial charge in [-0.3, -0.25) is 9.05 Å². The van der Waals surface area contributed by atoms with Crippen molar-refractivity contribution in [1.29, 1.82) is 0 Å². The largest absolute Gasteiger partial charge is 0.472 e. The Bertz CT molecular complexity index is 313. The van der Waals surface area contributed by atoms with Gasteiger partial charge in [-0.05, 0) is 34.1 Å². The number of hydrogen-bond acceptors (Lipinski definition) is 5. The summed E-state index contributed by atoms with van der Waals surface area (Å²) in [5, 5.41) is 0. The van der Waals surface area contributed by atoms with Crippen LogP contribution < -0.4 is 0 Å². The average Bonchev–Trinajstić information content (AvgIpc) is 2.38. The van der Waals surface area contributed by atoms with E-state index in [0.29, 0.717) is 6.42 Å². The predicted molar refractivity (Wildman–Crippen MR) is 82.6 cm³/mol. The minimum atomic E-state index is -4.18. The molecule has 0 aliphatic rings. The van der Waals surface area contributed by atoms with Crippen LogP contribution in [-0.4, -0.2) is 50.4 Å². The SMILES string of the molecule is [B]C[C@H](COC(C)C)OP(=O)(O)OC[C@@H](CC)OC(C)C.